The predicted octanol–water partition coefficient (Wildman–Crippen LogP) is 6.61. The molecule has 0 radical (unpaired) electrons. The number of carbonyl (C=O) groups excluding carboxylic acids is 1. The van der Waals surface area contributed by atoms with Crippen molar-refractivity contribution in [3.63, 3.8) is 0 Å². The van der Waals surface area contributed by atoms with Gasteiger partial charge in [0, 0.05) is 25.1 Å². The topological polar surface area (TPSA) is 74.0 Å². The van der Waals surface area contributed by atoms with Gasteiger partial charge in [-0.3, -0.25) is 0 Å². The molecule has 0 atom stereocenters. The third-order valence-electron chi connectivity index (χ3n) is 5.98. The molecule has 1 amide bonds. The second-order valence-corrected chi connectivity index (χ2v) is 8.69. The number of rotatable bonds is 10. The number of hydrogen-bond acceptors (Lipinski definition) is 6. The van der Waals surface area contributed by atoms with Gasteiger partial charge in [-0.2, -0.15) is 0 Å². The molecule has 37 heavy (non-hydrogen) atoms. The van der Waals surface area contributed by atoms with Crippen LogP contribution in [0.2, 0.25) is 0 Å². The maximum absolute atomic E-state index is 12.7. The van der Waals surface area contributed by atoms with Crippen LogP contribution in [-0.2, 0) is 13.0 Å². The highest BCUT2D eigenvalue weighted by atomic mass is 16.6. The minimum atomic E-state index is -0.383. The third-order valence-corrected chi connectivity index (χ3v) is 5.98. The summed E-state index contributed by atoms with van der Waals surface area (Å²) >= 11 is 0. The molecule has 4 rings (SSSR count). The van der Waals surface area contributed by atoms with E-state index >= 15 is 0 Å². The van der Waals surface area contributed by atoms with Crippen LogP contribution in [0.15, 0.2) is 77.2 Å². The SMILES string of the molecule is CCN(Cc1cccc(OCCc2nc(-c3ccc(OC)cc3)oc2C)c1)C(=O)Oc1ccc(C)cc1. The minimum Gasteiger partial charge on any atom is -0.497 e. The molecule has 1 heterocycles. The van der Waals surface area contributed by atoms with Gasteiger partial charge in [0.1, 0.15) is 23.0 Å². The Kier molecular flexibility index (Phi) is 8.46. The molecule has 192 valence electrons. The van der Waals surface area contributed by atoms with Crippen molar-refractivity contribution in [3.05, 3.63) is 95.4 Å². The van der Waals surface area contributed by atoms with E-state index in [0.29, 0.717) is 37.8 Å². The molecule has 0 aliphatic rings. The molecule has 0 spiro atoms. The van der Waals surface area contributed by atoms with E-state index in [1.807, 2.05) is 81.4 Å². The first-order valence-electron chi connectivity index (χ1n) is 12.3. The number of benzene rings is 3. The van der Waals surface area contributed by atoms with E-state index in [2.05, 4.69) is 4.98 Å². The summed E-state index contributed by atoms with van der Waals surface area (Å²) in [6.07, 6.45) is 0.228. The van der Waals surface area contributed by atoms with Crippen molar-refractivity contribution in [1.82, 2.24) is 9.88 Å². The Morgan fingerprint density at radius 3 is 2.38 bits per heavy atom. The van der Waals surface area contributed by atoms with Crippen molar-refractivity contribution in [2.45, 2.75) is 33.7 Å². The Bertz CT molecular complexity index is 1310. The zero-order chi connectivity index (χ0) is 26.2. The fourth-order valence-corrected chi connectivity index (χ4v) is 3.81. The molecule has 0 aliphatic carbocycles. The number of amides is 1. The van der Waals surface area contributed by atoms with Crippen LogP contribution >= 0.6 is 0 Å². The van der Waals surface area contributed by atoms with Gasteiger partial charge in [-0.15, -0.1) is 0 Å². The Hall–Kier alpha value is -4.26. The lowest BCUT2D eigenvalue weighted by Crippen LogP contribution is -2.32. The minimum absolute atomic E-state index is 0.383. The van der Waals surface area contributed by atoms with Gasteiger partial charge in [-0.25, -0.2) is 9.78 Å². The van der Waals surface area contributed by atoms with Gasteiger partial charge in [-0.05, 0) is 74.9 Å². The van der Waals surface area contributed by atoms with Crippen LogP contribution in [0.3, 0.4) is 0 Å². The lowest BCUT2D eigenvalue weighted by atomic mass is 10.2. The summed E-state index contributed by atoms with van der Waals surface area (Å²) < 4.78 is 22.6. The molecular formula is C30H32N2O5. The summed E-state index contributed by atoms with van der Waals surface area (Å²) in [5, 5.41) is 0. The van der Waals surface area contributed by atoms with Crippen LogP contribution in [0.25, 0.3) is 11.5 Å². The number of nitrogens with zero attached hydrogens (tertiary/aromatic N) is 2. The van der Waals surface area contributed by atoms with Crippen LogP contribution < -0.4 is 14.2 Å². The zero-order valence-corrected chi connectivity index (χ0v) is 21.7. The highest BCUT2D eigenvalue weighted by Gasteiger charge is 2.16. The molecule has 1 aromatic heterocycles. The second kappa shape index (κ2) is 12.1. The van der Waals surface area contributed by atoms with Crippen LogP contribution in [0, 0.1) is 13.8 Å². The Labute approximate surface area is 217 Å². The number of aromatic nitrogens is 1. The van der Waals surface area contributed by atoms with Crippen LogP contribution in [0.1, 0.15) is 29.5 Å². The summed E-state index contributed by atoms with van der Waals surface area (Å²) in [6, 6.07) is 22.8. The van der Waals surface area contributed by atoms with E-state index in [9.17, 15) is 4.79 Å². The fraction of sp³-hybridized carbons (Fsp3) is 0.267. The van der Waals surface area contributed by atoms with Gasteiger partial charge in [0.2, 0.25) is 5.89 Å². The summed E-state index contributed by atoms with van der Waals surface area (Å²) in [4.78, 5) is 19.0. The molecule has 0 N–H and O–H groups in total. The van der Waals surface area contributed by atoms with Crippen LogP contribution in [0.4, 0.5) is 4.79 Å². The molecule has 4 aromatic rings. The molecule has 3 aromatic carbocycles. The number of oxazole rings is 1. The van der Waals surface area contributed by atoms with Crippen molar-refractivity contribution in [3.8, 4) is 28.7 Å². The summed E-state index contributed by atoms with van der Waals surface area (Å²) in [5.74, 6) is 3.40. The number of ether oxygens (including phenoxy) is 3. The number of hydrogen-bond donors (Lipinski definition) is 0. The average molecular weight is 501 g/mol. The molecule has 0 aliphatic heterocycles. The monoisotopic (exact) mass is 500 g/mol. The second-order valence-electron chi connectivity index (χ2n) is 8.69. The zero-order valence-electron chi connectivity index (χ0n) is 21.7. The molecule has 0 saturated carbocycles. The number of carbonyl (C=O) groups is 1. The number of aryl methyl sites for hydroxylation is 2. The molecule has 7 heteroatoms. The summed E-state index contributed by atoms with van der Waals surface area (Å²) in [7, 11) is 1.64. The van der Waals surface area contributed by atoms with Gasteiger partial charge >= 0.3 is 6.09 Å². The molecular weight excluding hydrogens is 468 g/mol. The first kappa shape index (κ1) is 25.8. The highest BCUT2D eigenvalue weighted by molar-refractivity contribution is 5.70. The largest absolute Gasteiger partial charge is 0.497 e. The molecule has 0 fully saturated rings. The van der Waals surface area contributed by atoms with E-state index in [1.165, 1.54) is 0 Å². The average Bonchev–Trinajstić information content (AvgIpc) is 3.29. The smallest absolute Gasteiger partial charge is 0.415 e. The number of methoxy groups -OCH3 is 1. The lowest BCUT2D eigenvalue weighted by molar-refractivity contribution is 0.152. The molecule has 0 bridgehead atoms. The van der Waals surface area contributed by atoms with E-state index in [1.54, 1.807) is 24.1 Å². The van der Waals surface area contributed by atoms with Crippen molar-refractivity contribution in [2.75, 3.05) is 20.3 Å². The normalized spacial score (nSPS) is 10.7. The lowest BCUT2D eigenvalue weighted by Gasteiger charge is -2.20. The Morgan fingerprint density at radius 2 is 1.68 bits per heavy atom. The predicted molar refractivity (Wildman–Crippen MR) is 142 cm³/mol. The maximum atomic E-state index is 12.7. The van der Waals surface area contributed by atoms with Crippen molar-refractivity contribution in [1.29, 1.82) is 0 Å². The van der Waals surface area contributed by atoms with E-state index in [0.717, 1.165) is 39.6 Å². The van der Waals surface area contributed by atoms with Crippen molar-refractivity contribution < 1.29 is 23.4 Å². The van der Waals surface area contributed by atoms with Gasteiger partial charge in [0.15, 0.2) is 0 Å². The van der Waals surface area contributed by atoms with Crippen LogP contribution in [0.5, 0.6) is 17.2 Å². The van der Waals surface area contributed by atoms with Crippen LogP contribution in [-0.4, -0.2) is 36.2 Å². The first-order valence-corrected chi connectivity index (χ1v) is 12.3. The third kappa shape index (κ3) is 6.91. The molecule has 0 unspecified atom stereocenters. The van der Waals surface area contributed by atoms with E-state index in [4.69, 9.17) is 18.6 Å². The van der Waals surface area contributed by atoms with Crippen molar-refractivity contribution >= 4 is 6.09 Å². The Morgan fingerprint density at radius 1 is 0.946 bits per heavy atom. The van der Waals surface area contributed by atoms with Gasteiger partial charge in [0.25, 0.3) is 0 Å². The van der Waals surface area contributed by atoms with E-state index < -0.39 is 0 Å². The maximum Gasteiger partial charge on any atom is 0.415 e. The highest BCUT2D eigenvalue weighted by Crippen LogP contribution is 2.24. The standard InChI is InChI=1S/C30H32N2O5/c1-5-32(30(33)37-26-13-9-21(2)10-14-26)20-23-7-6-8-27(19-23)35-18-17-28-22(3)36-29(31-28)24-11-15-25(34-4)16-12-24/h6-16,19H,5,17-18,20H2,1-4H3. The van der Waals surface area contributed by atoms with E-state index in [-0.39, 0.29) is 6.09 Å². The molecule has 7 nitrogen and oxygen atoms in total. The summed E-state index contributed by atoms with van der Waals surface area (Å²) in [5.41, 5.74) is 3.82. The first-order chi connectivity index (χ1) is 17.9. The molecule has 0 saturated heterocycles. The van der Waals surface area contributed by atoms with Gasteiger partial charge in [-0.1, -0.05) is 29.8 Å². The summed E-state index contributed by atoms with van der Waals surface area (Å²) in [6.45, 7) is 7.23. The Balaban J connectivity index is 1.32. The van der Waals surface area contributed by atoms with Crippen molar-refractivity contribution in [2.24, 2.45) is 0 Å². The van der Waals surface area contributed by atoms with Gasteiger partial charge < -0.3 is 23.5 Å². The van der Waals surface area contributed by atoms with Gasteiger partial charge in [0.05, 0.1) is 19.4 Å². The quantitative estimate of drug-likeness (QED) is 0.244. The fourth-order valence-electron chi connectivity index (χ4n) is 3.81.